The molecule has 0 radical (unpaired) electrons. The van der Waals surface area contributed by atoms with Crippen LogP contribution in [0.3, 0.4) is 0 Å². The van der Waals surface area contributed by atoms with Crippen LogP contribution in [0, 0.1) is 0 Å². The van der Waals surface area contributed by atoms with Crippen LogP contribution in [0.1, 0.15) is 79.5 Å². The highest BCUT2D eigenvalue weighted by Gasteiger charge is 2.11. The summed E-state index contributed by atoms with van der Waals surface area (Å²) in [5, 5.41) is 0. The maximum atomic E-state index is 12.3. The molecule has 0 saturated carbocycles. The van der Waals surface area contributed by atoms with Crippen molar-refractivity contribution in [2.45, 2.75) is 58.8 Å². The van der Waals surface area contributed by atoms with Crippen LogP contribution in [0.25, 0.3) is 0 Å². The maximum absolute atomic E-state index is 12.3. The van der Waals surface area contributed by atoms with E-state index in [0.717, 1.165) is 37.9 Å². The first-order chi connectivity index (χ1) is 14.6. The first-order valence-electron chi connectivity index (χ1n) is 10.9. The van der Waals surface area contributed by atoms with Crippen LogP contribution in [0.2, 0.25) is 0 Å². The van der Waals surface area contributed by atoms with Crippen LogP contribution >= 0.6 is 0 Å². The van der Waals surface area contributed by atoms with Gasteiger partial charge in [-0.25, -0.2) is 9.59 Å². The minimum absolute atomic E-state index is 0.366. The van der Waals surface area contributed by atoms with Gasteiger partial charge >= 0.3 is 11.9 Å². The van der Waals surface area contributed by atoms with E-state index in [-0.39, 0.29) is 5.97 Å². The quantitative estimate of drug-likeness (QED) is 0.222. The van der Waals surface area contributed by atoms with Crippen molar-refractivity contribution in [1.82, 2.24) is 0 Å². The highest BCUT2D eigenvalue weighted by Crippen LogP contribution is 2.17. The van der Waals surface area contributed by atoms with Crippen molar-refractivity contribution in [3.05, 3.63) is 59.7 Å². The van der Waals surface area contributed by atoms with Gasteiger partial charge < -0.3 is 14.2 Å². The number of carbonyl (C=O) groups is 2. The average molecular weight is 413 g/mol. The molecular weight excluding hydrogens is 380 g/mol. The number of benzene rings is 2. The van der Waals surface area contributed by atoms with Crippen molar-refractivity contribution in [3.63, 3.8) is 0 Å². The Hall–Kier alpha value is -2.82. The van der Waals surface area contributed by atoms with Crippen molar-refractivity contribution >= 4 is 11.9 Å². The van der Waals surface area contributed by atoms with Crippen LogP contribution in [0.4, 0.5) is 0 Å². The lowest BCUT2D eigenvalue weighted by atomic mass is 10.2. The Morgan fingerprint density at radius 1 is 0.633 bits per heavy atom. The molecule has 2 aromatic carbocycles. The third-order valence-corrected chi connectivity index (χ3v) is 4.64. The molecule has 30 heavy (non-hydrogen) atoms. The number of hydrogen-bond acceptors (Lipinski definition) is 5. The van der Waals surface area contributed by atoms with Crippen LogP contribution in [0.15, 0.2) is 48.5 Å². The van der Waals surface area contributed by atoms with E-state index >= 15 is 0 Å². The first kappa shape index (κ1) is 23.5. The van der Waals surface area contributed by atoms with Gasteiger partial charge in [-0.15, -0.1) is 0 Å². The summed E-state index contributed by atoms with van der Waals surface area (Å²) in [5.74, 6) is 0.289. The highest BCUT2D eigenvalue weighted by atomic mass is 16.5. The summed E-state index contributed by atoms with van der Waals surface area (Å²) in [4.78, 5) is 24.3. The fourth-order valence-corrected chi connectivity index (χ4v) is 2.83. The minimum Gasteiger partial charge on any atom is -0.494 e. The summed E-state index contributed by atoms with van der Waals surface area (Å²) in [6, 6.07) is 13.3. The topological polar surface area (TPSA) is 61.8 Å². The number of unbranched alkanes of at least 4 members (excludes halogenated alkanes) is 5. The Morgan fingerprint density at radius 3 is 1.80 bits per heavy atom. The standard InChI is InChI=1S/C25H32O5/c1-3-5-7-9-18-28-22-14-10-21(11-15-22)25(27)30-23-16-12-20(13-17-23)24(26)29-19-8-6-4-2/h10-17H,3-9,18-19H2,1-2H3. The van der Waals surface area contributed by atoms with Gasteiger partial charge in [0, 0.05) is 0 Å². The van der Waals surface area contributed by atoms with E-state index in [4.69, 9.17) is 14.2 Å². The molecule has 2 aromatic rings. The number of rotatable bonds is 13. The van der Waals surface area contributed by atoms with Crippen molar-refractivity contribution in [2.24, 2.45) is 0 Å². The van der Waals surface area contributed by atoms with Gasteiger partial charge in [0.15, 0.2) is 0 Å². The second kappa shape index (κ2) is 13.4. The molecule has 0 aliphatic rings. The van der Waals surface area contributed by atoms with Crippen molar-refractivity contribution in [2.75, 3.05) is 13.2 Å². The van der Waals surface area contributed by atoms with Gasteiger partial charge in [0.05, 0.1) is 24.3 Å². The molecule has 0 N–H and O–H groups in total. The molecule has 0 aliphatic heterocycles. The van der Waals surface area contributed by atoms with Crippen LogP contribution in [-0.2, 0) is 4.74 Å². The summed E-state index contributed by atoms with van der Waals surface area (Å²) in [6.45, 7) is 5.37. The molecule has 0 unspecified atom stereocenters. The van der Waals surface area contributed by atoms with Gasteiger partial charge in [0.2, 0.25) is 0 Å². The molecule has 0 atom stereocenters. The van der Waals surface area contributed by atoms with E-state index in [9.17, 15) is 9.59 Å². The molecule has 5 heteroatoms. The molecule has 0 amide bonds. The molecule has 5 nitrogen and oxygen atoms in total. The molecule has 0 aromatic heterocycles. The highest BCUT2D eigenvalue weighted by molar-refractivity contribution is 5.92. The lowest BCUT2D eigenvalue weighted by Crippen LogP contribution is -2.09. The summed E-state index contributed by atoms with van der Waals surface area (Å²) in [5.41, 5.74) is 0.875. The smallest absolute Gasteiger partial charge is 0.343 e. The minimum atomic E-state index is -0.459. The van der Waals surface area contributed by atoms with Gasteiger partial charge in [-0.05, 0) is 61.4 Å². The maximum Gasteiger partial charge on any atom is 0.343 e. The van der Waals surface area contributed by atoms with E-state index in [0.29, 0.717) is 30.1 Å². The number of esters is 2. The zero-order valence-electron chi connectivity index (χ0n) is 18.0. The molecule has 0 spiro atoms. The predicted octanol–water partition coefficient (Wildman–Crippen LogP) is 6.21. The first-order valence-corrected chi connectivity index (χ1v) is 10.9. The van der Waals surface area contributed by atoms with Crippen molar-refractivity contribution < 1.29 is 23.8 Å². The van der Waals surface area contributed by atoms with Gasteiger partial charge in [-0.1, -0.05) is 46.0 Å². The molecule has 0 fully saturated rings. The lowest BCUT2D eigenvalue weighted by Gasteiger charge is -2.08. The molecule has 2 rings (SSSR count). The Morgan fingerprint density at radius 2 is 1.17 bits per heavy atom. The Bertz CT molecular complexity index is 765. The number of ether oxygens (including phenoxy) is 3. The Labute approximate surface area is 179 Å². The second-order valence-corrected chi connectivity index (χ2v) is 7.19. The Kier molecular flexibility index (Phi) is 10.5. The van der Waals surface area contributed by atoms with Gasteiger partial charge in [-0.2, -0.15) is 0 Å². The zero-order valence-corrected chi connectivity index (χ0v) is 18.0. The average Bonchev–Trinajstić information content (AvgIpc) is 2.77. The van der Waals surface area contributed by atoms with Crippen molar-refractivity contribution in [1.29, 1.82) is 0 Å². The molecule has 162 valence electrons. The van der Waals surface area contributed by atoms with Crippen LogP contribution in [0.5, 0.6) is 11.5 Å². The summed E-state index contributed by atoms with van der Waals surface area (Å²) >= 11 is 0. The Balaban J connectivity index is 1.80. The van der Waals surface area contributed by atoms with E-state index in [2.05, 4.69) is 13.8 Å². The van der Waals surface area contributed by atoms with E-state index in [1.807, 2.05) is 0 Å². The van der Waals surface area contributed by atoms with E-state index < -0.39 is 5.97 Å². The largest absolute Gasteiger partial charge is 0.494 e. The molecule has 0 bridgehead atoms. The normalized spacial score (nSPS) is 10.5. The molecular formula is C25H32O5. The fourth-order valence-electron chi connectivity index (χ4n) is 2.83. The van der Waals surface area contributed by atoms with Gasteiger partial charge in [0.1, 0.15) is 11.5 Å². The SMILES string of the molecule is CCCCCCOc1ccc(C(=O)Oc2ccc(C(=O)OCCCCC)cc2)cc1. The van der Waals surface area contributed by atoms with E-state index in [1.54, 1.807) is 48.5 Å². The number of carbonyl (C=O) groups excluding carboxylic acids is 2. The second-order valence-electron chi connectivity index (χ2n) is 7.19. The monoisotopic (exact) mass is 412 g/mol. The molecule has 0 saturated heterocycles. The predicted molar refractivity (Wildman–Crippen MR) is 117 cm³/mol. The molecule has 0 heterocycles. The van der Waals surface area contributed by atoms with Crippen LogP contribution < -0.4 is 9.47 Å². The third-order valence-electron chi connectivity index (χ3n) is 4.64. The summed E-state index contributed by atoms with van der Waals surface area (Å²) in [6.07, 6.45) is 7.58. The zero-order chi connectivity index (χ0) is 21.6. The molecule has 0 aliphatic carbocycles. The van der Waals surface area contributed by atoms with E-state index in [1.165, 1.54) is 12.8 Å². The third kappa shape index (κ3) is 8.27. The fraction of sp³-hybridized carbons (Fsp3) is 0.440. The van der Waals surface area contributed by atoms with Crippen molar-refractivity contribution in [3.8, 4) is 11.5 Å². The summed E-state index contributed by atoms with van der Waals surface area (Å²) < 4.78 is 16.3. The van der Waals surface area contributed by atoms with Gasteiger partial charge in [-0.3, -0.25) is 0 Å². The van der Waals surface area contributed by atoms with Crippen LogP contribution in [-0.4, -0.2) is 25.2 Å². The number of hydrogen-bond donors (Lipinski definition) is 0. The summed E-state index contributed by atoms with van der Waals surface area (Å²) in [7, 11) is 0. The lowest BCUT2D eigenvalue weighted by molar-refractivity contribution is 0.0498. The van der Waals surface area contributed by atoms with Gasteiger partial charge in [0.25, 0.3) is 0 Å².